The number of nitrogens with one attached hydrogen (secondary N) is 2. The Morgan fingerprint density at radius 2 is 2.00 bits per heavy atom. The van der Waals surface area contributed by atoms with E-state index < -0.39 is 0 Å². The molecule has 0 spiro atoms. The fraction of sp³-hybridized carbons (Fsp3) is 0.222. The van der Waals surface area contributed by atoms with Crippen LogP contribution in [0.15, 0.2) is 36.4 Å². The molecule has 2 atom stereocenters. The minimum Gasteiger partial charge on any atom is -0.608 e. The number of hydrogen-bond acceptors (Lipinski definition) is 2. The number of rotatable bonds is 2. The van der Waals surface area contributed by atoms with Crippen molar-refractivity contribution >= 4 is 28.6 Å². The van der Waals surface area contributed by atoms with Gasteiger partial charge in [-0.3, -0.25) is 5.17 Å². The van der Waals surface area contributed by atoms with Crippen molar-refractivity contribution in [3.63, 3.8) is 0 Å². The van der Waals surface area contributed by atoms with Gasteiger partial charge in [0.2, 0.25) is 0 Å². The second-order valence-electron chi connectivity index (χ2n) is 6.19. The Bertz CT molecular complexity index is 896. The summed E-state index contributed by atoms with van der Waals surface area (Å²) < 4.78 is 0. The van der Waals surface area contributed by atoms with E-state index in [1.807, 2.05) is 6.07 Å². The van der Waals surface area contributed by atoms with Crippen LogP contribution in [0, 0.1) is 5.21 Å². The van der Waals surface area contributed by atoms with Crippen molar-refractivity contribution in [2.75, 3.05) is 12.5 Å². The Balaban J connectivity index is 2.15. The van der Waals surface area contributed by atoms with Gasteiger partial charge in [-0.1, -0.05) is 49.4 Å². The molecule has 2 aromatic carbocycles. The van der Waals surface area contributed by atoms with Crippen LogP contribution in [0.4, 0.5) is 5.69 Å². The summed E-state index contributed by atoms with van der Waals surface area (Å²) in [6.07, 6.45) is 9.96. The first-order chi connectivity index (χ1) is 10.1. The number of benzene rings is 2. The average Bonchev–Trinajstić information content (AvgIpc) is 2.45. The molecule has 0 saturated carbocycles. The first-order valence-electron chi connectivity index (χ1n) is 7.32. The van der Waals surface area contributed by atoms with Crippen molar-refractivity contribution < 1.29 is 5.17 Å². The van der Waals surface area contributed by atoms with Crippen LogP contribution < -0.4 is 21.0 Å². The zero-order chi connectivity index (χ0) is 14.6. The normalized spacial score (nSPS) is 23.4. The van der Waals surface area contributed by atoms with Crippen LogP contribution in [-0.4, -0.2) is 7.05 Å². The van der Waals surface area contributed by atoms with Gasteiger partial charge in [-0.25, -0.2) is 5.43 Å². The lowest BCUT2D eigenvalue weighted by Crippen LogP contribution is -3.07. The van der Waals surface area contributed by atoms with Crippen molar-refractivity contribution in [2.24, 2.45) is 0 Å². The Labute approximate surface area is 123 Å². The van der Waals surface area contributed by atoms with Crippen molar-refractivity contribution in [3.05, 3.63) is 57.6 Å². The Morgan fingerprint density at radius 3 is 2.81 bits per heavy atom. The molecule has 21 heavy (non-hydrogen) atoms. The monoisotopic (exact) mass is 278 g/mol. The highest BCUT2D eigenvalue weighted by molar-refractivity contribution is 5.98. The zero-order valence-electron chi connectivity index (χ0n) is 12.2. The van der Waals surface area contributed by atoms with E-state index in [0.717, 1.165) is 17.5 Å². The number of allylic oxidation sites excluding steroid dienone is 2. The molecule has 0 bridgehead atoms. The molecule has 3 heteroatoms. The summed E-state index contributed by atoms with van der Waals surface area (Å²) >= 11 is 0. The van der Waals surface area contributed by atoms with Crippen LogP contribution in [0.3, 0.4) is 0 Å². The van der Waals surface area contributed by atoms with Crippen LogP contribution in [0.25, 0.3) is 22.9 Å². The molecule has 0 aromatic heterocycles. The van der Waals surface area contributed by atoms with Crippen LogP contribution in [-0.2, 0) is 5.41 Å². The summed E-state index contributed by atoms with van der Waals surface area (Å²) in [5.41, 5.74) is 5.31. The third kappa shape index (κ3) is 1.75. The van der Waals surface area contributed by atoms with Gasteiger partial charge in [0, 0.05) is 10.8 Å². The summed E-state index contributed by atoms with van der Waals surface area (Å²) in [5, 5.41) is 16.4. The van der Waals surface area contributed by atoms with E-state index in [-0.39, 0.29) is 10.6 Å². The maximum Gasteiger partial charge on any atom is 0.0931 e. The van der Waals surface area contributed by atoms with E-state index in [1.54, 1.807) is 7.05 Å². The molecule has 106 valence electrons. The van der Waals surface area contributed by atoms with E-state index in [1.165, 1.54) is 21.4 Å². The fourth-order valence-electron chi connectivity index (χ4n) is 3.65. The van der Waals surface area contributed by atoms with Gasteiger partial charge in [-0.2, -0.15) is 0 Å². The molecular weight excluding hydrogens is 260 g/mol. The molecule has 2 aliphatic rings. The van der Waals surface area contributed by atoms with Gasteiger partial charge in [0.25, 0.3) is 0 Å². The van der Waals surface area contributed by atoms with Crippen LogP contribution in [0.2, 0.25) is 0 Å². The second-order valence-corrected chi connectivity index (χ2v) is 6.19. The maximum absolute atomic E-state index is 11.4. The van der Waals surface area contributed by atoms with E-state index in [4.69, 9.17) is 0 Å². The predicted octanol–water partition coefficient (Wildman–Crippen LogP) is 0.971. The molecule has 2 unspecified atom stereocenters. The second kappa shape index (κ2) is 4.20. The number of anilines is 1. The lowest BCUT2D eigenvalue weighted by Gasteiger charge is -2.33. The topological polar surface area (TPSA) is 39.5 Å². The summed E-state index contributed by atoms with van der Waals surface area (Å²) in [4.78, 5) is 0. The summed E-state index contributed by atoms with van der Waals surface area (Å²) in [6, 6.07) is 8.41. The van der Waals surface area contributed by atoms with Gasteiger partial charge in [-0.15, -0.1) is 0 Å². The zero-order valence-corrected chi connectivity index (χ0v) is 12.2. The standard InChI is InChI=1S/C18H18N2O/c1-18-10-3-4-13-5-7-14-15(19-20(2)21)8-6-12(9-11-18)16(14)17(13)18/h3-10,19-20H,11H2,1-2H3. The lowest BCUT2D eigenvalue weighted by atomic mass is 9.71. The Kier molecular flexibility index (Phi) is 2.52. The van der Waals surface area contributed by atoms with Crippen LogP contribution >= 0.6 is 0 Å². The smallest absolute Gasteiger partial charge is 0.0931 e. The third-order valence-electron chi connectivity index (χ3n) is 4.61. The van der Waals surface area contributed by atoms with Crippen LogP contribution in [0.1, 0.15) is 18.9 Å². The highest BCUT2D eigenvalue weighted by Crippen LogP contribution is 2.37. The van der Waals surface area contributed by atoms with E-state index in [0.29, 0.717) is 0 Å². The first kappa shape index (κ1) is 12.6. The Hall–Kier alpha value is -2.10. The van der Waals surface area contributed by atoms with E-state index in [9.17, 15) is 5.21 Å². The van der Waals surface area contributed by atoms with E-state index >= 15 is 0 Å². The molecule has 0 saturated heterocycles. The maximum atomic E-state index is 11.4. The highest BCUT2D eigenvalue weighted by atomic mass is 16.5. The van der Waals surface area contributed by atoms with Crippen molar-refractivity contribution in [1.29, 1.82) is 0 Å². The molecule has 0 radical (unpaired) electrons. The summed E-state index contributed by atoms with van der Waals surface area (Å²) in [6.45, 7) is 2.29. The van der Waals surface area contributed by atoms with Crippen molar-refractivity contribution in [3.8, 4) is 0 Å². The largest absolute Gasteiger partial charge is 0.608 e. The molecule has 0 heterocycles. The van der Waals surface area contributed by atoms with Crippen LogP contribution in [0.5, 0.6) is 0 Å². The van der Waals surface area contributed by atoms with Gasteiger partial charge >= 0.3 is 0 Å². The molecule has 4 rings (SSSR count). The van der Waals surface area contributed by atoms with Gasteiger partial charge in [0.05, 0.1) is 12.7 Å². The molecule has 3 nitrogen and oxygen atoms in total. The van der Waals surface area contributed by atoms with E-state index in [2.05, 4.69) is 54.9 Å². The number of quaternary nitrogens is 1. The minimum absolute atomic E-state index is 0.0305. The summed E-state index contributed by atoms with van der Waals surface area (Å²) in [7, 11) is 1.55. The Morgan fingerprint density at radius 1 is 1.19 bits per heavy atom. The van der Waals surface area contributed by atoms with Gasteiger partial charge in [0.1, 0.15) is 0 Å². The van der Waals surface area contributed by atoms with Gasteiger partial charge < -0.3 is 5.21 Å². The van der Waals surface area contributed by atoms with Crippen molar-refractivity contribution in [1.82, 2.24) is 0 Å². The SMILES string of the molecule is C[NH+]([O-])Nc1ccc2c3c4c(ccc13)=CC=CC4(C)CC=2. The molecule has 0 aliphatic heterocycles. The molecule has 0 fully saturated rings. The molecule has 2 N–H and O–H groups in total. The fourth-order valence-corrected chi connectivity index (χ4v) is 3.65. The number of hydrogen-bond donors (Lipinski definition) is 2. The lowest BCUT2D eigenvalue weighted by molar-refractivity contribution is -0.800. The summed E-state index contributed by atoms with van der Waals surface area (Å²) in [5.74, 6) is 0. The molecule has 2 aromatic rings. The first-order valence-corrected chi connectivity index (χ1v) is 7.32. The molecule has 2 aliphatic carbocycles. The van der Waals surface area contributed by atoms with Gasteiger partial charge in [0.15, 0.2) is 0 Å². The minimum atomic E-state index is -0.0305. The van der Waals surface area contributed by atoms with Crippen molar-refractivity contribution in [2.45, 2.75) is 18.8 Å². The predicted molar refractivity (Wildman–Crippen MR) is 87.1 cm³/mol. The highest BCUT2D eigenvalue weighted by Gasteiger charge is 2.30. The van der Waals surface area contributed by atoms with Gasteiger partial charge in [-0.05, 0) is 33.9 Å². The average molecular weight is 278 g/mol. The quantitative estimate of drug-likeness (QED) is 0.804. The molecular formula is C18H18N2O. The number of hydroxylamine groups is 1. The molecule has 0 amide bonds. The third-order valence-corrected chi connectivity index (χ3v) is 4.61.